The third-order valence-corrected chi connectivity index (χ3v) is 4.95. The number of guanidine groups is 1. The number of rotatable bonds is 1. The van der Waals surface area contributed by atoms with Crippen molar-refractivity contribution in [3.8, 4) is 0 Å². The van der Waals surface area contributed by atoms with Crippen LogP contribution < -0.4 is 0 Å². The molecule has 0 aromatic carbocycles. The number of likely N-dealkylation sites (N-methyl/N-ethyl adjacent to an activating group) is 1. The van der Waals surface area contributed by atoms with E-state index in [9.17, 15) is 4.39 Å². The minimum absolute atomic E-state index is 0.168. The monoisotopic (exact) mass is 328 g/mol. The zero-order valence-electron chi connectivity index (χ0n) is 13.8. The van der Waals surface area contributed by atoms with Crippen LogP contribution in [0.2, 0.25) is 0 Å². The van der Waals surface area contributed by atoms with E-state index < -0.39 is 0 Å². The summed E-state index contributed by atoms with van der Waals surface area (Å²) < 4.78 is 20.0. The van der Waals surface area contributed by atoms with Gasteiger partial charge >= 0.3 is 0 Å². The summed E-state index contributed by atoms with van der Waals surface area (Å²) in [6, 6.07) is 1.84. The highest BCUT2D eigenvalue weighted by molar-refractivity contribution is 5.89. The largest absolute Gasteiger partial charge is 0.374 e. The average Bonchev–Trinajstić information content (AvgIpc) is 2.98. The molecule has 1 aromatic heterocycles. The van der Waals surface area contributed by atoms with Gasteiger partial charge in [-0.15, -0.1) is 0 Å². The fourth-order valence-corrected chi connectivity index (χ4v) is 3.74. The Kier molecular flexibility index (Phi) is 3.84. The minimum Gasteiger partial charge on any atom is -0.374 e. The molecule has 6 heteroatoms. The summed E-state index contributed by atoms with van der Waals surface area (Å²) in [4.78, 5) is 13.0. The van der Waals surface area contributed by atoms with Crippen molar-refractivity contribution >= 4 is 11.7 Å². The molecular weight excluding hydrogens is 307 g/mol. The Balaban J connectivity index is 1.69. The smallest absolute Gasteiger partial charge is 0.202 e. The molecule has 0 bridgehead atoms. The lowest BCUT2D eigenvalue weighted by atomic mass is 10.1. The van der Waals surface area contributed by atoms with Crippen molar-refractivity contribution in [2.75, 3.05) is 26.7 Å². The van der Waals surface area contributed by atoms with Gasteiger partial charge in [0.2, 0.25) is 5.96 Å². The lowest BCUT2D eigenvalue weighted by molar-refractivity contribution is -0.0254. The fraction of sp³-hybridized carbons (Fsp3) is 0.444. The van der Waals surface area contributed by atoms with Crippen molar-refractivity contribution in [1.29, 1.82) is 0 Å². The van der Waals surface area contributed by atoms with Crippen molar-refractivity contribution in [3.63, 3.8) is 0 Å². The first-order chi connectivity index (χ1) is 11.6. The van der Waals surface area contributed by atoms with Gasteiger partial charge in [-0.05, 0) is 25.0 Å². The molecule has 4 rings (SSSR count). The first-order valence-corrected chi connectivity index (χ1v) is 8.31. The average molecular weight is 328 g/mol. The van der Waals surface area contributed by atoms with Gasteiger partial charge in [-0.3, -0.25) is 4.98 Å². The van der Waals surface area contributed by atoms with Gasteiger partial charge in [0, 0.05) is 31.9 Å². The Hall–Kier alpha value is -2.21. The maximum absolute atomic E-state index is 14.1. The summed E-state index contributed by atoms with van der Waals surface area (Å²) in [7, 11) is 2.01. The molecule has 0 amide bonds. The Bertz CT molecular complexity index is 729. The molecule has 3 heterocycles. The molecule has 0 unspecified atom stereocenters. The third kappa shape index (κ3) is 2.51. The van der Waals surface area contributed by atoms with E-state index in [0.29, 0.717) is 24.4 Å². The number of hydrogen-bond donors (Lipinski definition) is 0. The predicted octanol–water partition coefficient (Wildman–Crippen LogP) is 2.28. The lowest BCUT2D eigenvalue weighted by Gasteiger charge is -2.43. The second-order valence-electron chi connectivity index (χ2n) is 6.48. The Morgan fingerprint density at radius 1 is 1.42 bits per heavy atom. The molecule has 0 N–H and O–H groups in total. The summed E-state index contributed by atoms with van der Waals surface area (Å²) in [5, 5.41) is 0. The van der Waals surface area contributed by atoms with Gasteiger partial charge in [0.25, 0.3) is 0 Å². The second kappa shape index (κ2) is 6.02. The molecule has 1 saturated carbocycles. The van der Waals surface area contributed by atoms with Crippen LogP contribution in [0.3, 0.4) is 0 Å². The third-order valence-electron chi connectivity index (χ3n) is 4.95. The summed E-state index contributed by atoms with van der Waals surface area (Å²) in [5.74, 6) is 0.520. The molecule has 24 heavy (non-hydrogen) atoms. The van der Waals surface area contributed by atoms with Gasteiger partial charge in [-0.2, -0.15) is 0 Å². The van der Waals surface area contributed by atoms with Crippen LogP contribution in [0.25, 0.3) is 5.70 Å². The van der Waals surface area contributed by atoms with E-state index in [1.165, 1.54) is 11.8 Å². The standard InChI is InChI=1S/C18H21FN4O/c1-12-3-4-16-17(12)23(9-10-24-16)18-21-15(6-8-22(18)2)13-5-7-20-11-14(13)19/h5-7,11,16-17H,1,3-4,8-10H2,2H3/t16-,17-/m0/s1. The molecule has 2 atom stereocenters. The lowest BCUT2D eigenvalue weighted by Crippen LogP contribution is -2.56. The van der Waals surface area contributed by atoms with Crippen molar-refractivity contribution in [2.45, 2.75) is 25.0 Å². The van der Waals surface area contributed by atoms with E-state index in [0.717, 1.165) is 25.3 Å². The van der Waals surface area contributed by atoms with Crippen LogP contribution in [0.15, 0.2) is 41.7 Å². The number of halogens is 1. The predicted molar refractivity (Wildman–Crippen MR) is 90.8 cm³/mol. The molecule has 2 aliphatic heterocycles. The van der Waals surface area contributed by atoms with E-state index >= 15 is 0 Å². The van der Waals surface area contributed by atoms with Gasteiger partial charge in [0.1, 0.15) is 0 Å². The van der Waals surface area contributed by atoms with Gasteiger partial charge in [0.15, 0.2) is 5.82 Å². The molecule has 0 radical (unpaired) electrons. The van der Waals surface area contributed by atoms with Gasteiger partial charge < -0.3 is 14.5 Å². The van der Waals surface area contributed by atoms with Crippen LogP contribution in [-0.2, 0) is 4.74 Å². The van der Waals surface area contributed by atoms with Crippen LogP contribution >= 0.6 is 0 Å². The zero-order valence-corrected chi connectivity index (χ0v) is 13.8. The maximum Gasteiger partial charge on any atom is 0.202 e. The summed E-state index contributed by atoms with van der Waals surface area (Å²) in [6.07, 6.45) is 6.96. The maximum atomic E-state index is 14.1. The topological polar surface area (TPSA) is 41.0 Å². The molecule has 1 saturated heterocycles. The van der Waals surface area contributed by atoms with Crippen LogP contribution in [0, 0.1) is 5.82 Å². The highest BCUT2D eigenvalue weighted by Gasteiger charge is 2.41. The van der Waals surface area contributed by atoms with Gasteiger partial charge in [-0.25, -0.2) is 9.38 Å². The fourth-order valence-electron chi connectivity index (χ4n) is 3.74. The Morgan fingerprint density at radius 2 is 2.29 bits per heavy atom. The summed E-state index contributed by atoms with van der Waals surface area (Å²) in [5.41, 5.74) is 2.35. The second-order valence-corrected chi connectivity index (χ2v) is 6.48. The zero-order chi connectivity index (χ0) is 16.7. The van der Waals surface area contributed by atoms with E-state index in [4.69, 9.17) is 9.73 Å². The van der Waals surface area contributed by atoms with E-state index in [1.54, 1.807) is 12.3 Å². The first kappa shape index (κ1) is 15.3. The number of pyridine rings is 1. The van der Waals surface area contributed by atoms with Crippen LogP contribution in [-0.4, -0.2) is 59.6 Å². The molecule has 0 spiro atoms. The molecule has 3 aliphatic rings. The quantitative estimate of drug-likeness (QED) is 0.742. The first-order valence-electron chi connectivity index (χ1n) is 8.31. The molecule has 126 valence electrons. The molecule has 1 aromatic rings. The molecule has 2 fully saturated rings. The number of aromatic nitrogens is 1. The van der Waals surface area contributed by atoms with Crippen molar-refractivity contribution in [1.82, 2.24) is 14.8 Å². The number of hydrogen-bond acceptors (Lipinski definition) is 5. The Morgan fingerprint density at radius 3 is 3.12 bits per heavy atom. The number of aliphatic imine (C=N–C) groups is 1. The Labute approximate surface area is 141 Å². The van der Waals surface area contributed by atoms with Crippen LogP contribution in [0.4, 0.5) is 4.39 Å². The van der Waals surface area contributed by atoms with Gasteiger partial charge in [-0.1, -0.05) is 12.2 Å². The van der Waals surface area contributed by atoms with E-state index in [1.807, 2.05) is 13.1 Å². The number of ether oxygens (including phenoxy) is 1. The van der Waals surface area contributed by atoms with Crippen LogP contribution in [0.1, 0.15) is 18.4 Å². The summed E-state index contributed by atoms with van der Waals surface area (Å²) >= 11 is 0. The normalized spacial score (nSPS) is 27.0. The highest BCUT2D eigenvalue weighted by atomic mass is 19.1. The molecule has 5 nitrogen and oxygen atoms in total. The molecular formula is C18H21FN4O. The van der Waals surface area contributed by atoms with Gasteiger partial charge in [0.05, 0.1) is 30.6 Å². The van der Waals surface area contributed by atoms with Crippen molar-refractivity contribution < 1.29 is 9.13 Å². The van der Waals surface area contributed by atoms with E-state index in [-0.39, 0.29) is 18.0 Å². The highest BCUT2D eigenvalue weighted by Crippen LogP contribution is 2.34. The van der Waals surface area contributed by atoms with E-state index in [2.05, 4.69) is 21.4 Å². The summed E-state index contributed by atoms with van der Waals surface area (Å²) in [6.45, 7) is 6.37. The van der Waals surface area contributed by atoms with Crippen LogP contribution in [0.5, 0.6) is 0 Å². The van der Waals surface area contributed by atoms with Crippen molar-refractivity contribution in [3.05, 3.63) is 48.1 Å². The SMILES string of the molecule is C=C1CC[C@@H]2OCCN(C3=NC(c4ccncc4F)=CCN3C)[C@@H]12. The number of fused-ring (bicyclic) bond motifs is 1. The number of nitrogens with zero attached hydrogens (tertiary/aromatic N) is 4. The molecule has 1 aliphatic carbocycles. The minimum atomic E-state index is -0.346. The number of morpholine rings is 1. The van der Waals surface area contributed by atoms with Crippen molar-refractivity contribution in [2.24, 2.45) is 4.99 Å².